The van der Waals surface area contributed by atoms with Crippen molar-refractivity contribution in [2.75, 3.05) is 6.61 Å². The molecular formula is C20H13NO5. The maximum atomic E-state index is 12.1. The summed E-state index contributed by atoms with van der Waals surface area (Å²) in [6.07, 6.45) is 2.56. The number of para-hydroxylation sites is 3. The number of nitrogens with zero attached hydrogens (tertiary/aromatic N) is 1. The van der Waals surface area contributed by atoms with Crippen molar-refractivity contribution in [1.29, 1.82) is 0 Å². The maximum absolute atomic E-state index is 12.1. The molecule has 6 heteroatoms. The minimum absolute atomic E-state index is 0.155. The molecule has 4 aromatic rings. The number of furan rings is 1. The largest absolute Gasteiger partial charge is 0.454 e. The van der Waals surface area contributed by atoms with Crippen molar-refractivity contribution in [3.63, 3.8) is 0 Å². The number of esters is 1. The first-order valence-electron chi connectivity index (χ1n) is 7.91. The van der Waals surface area contributed by atoms with Gasteiger partial charge in [-0.25, -0.2) is 9.78 Å². The Morgan fingerprint density at radius 2 is 1.77 bits per heavy atom. The number of rotatable bonds is 5. The van der Waals surface area contributed by atoms with Gasteiger partial charge in [0.05, 0.1) is 0 Å². The Bertz CT molecular complexity index is 1070. The van der Waals surface area contributed by atoms with E-state index in [0.717, 1.165) is 11.5 Å². The molecular weight excluding hydrogens is 334 g/mol. The third-order valence-electron chi connectivity index (χ3n) is 3.72. The number of fused-ring (bicyclic) bond motifs is 2. The normalized spacial score (nSPS) is 11.4. The number of hydrogen-bond donors (Lipinski definition) is 0. The minimum Gasteiger partial charge on any atom is -0.454 e. The summed E-state index contributed by atoms with van der Waals surface area (Å²) >= 11 is 0. The Morgan fingerprint density at radius 3 is 2.58 bits per heavy atom. The summed E-state index contributed by atoms with van der Waals surface area (Å²) in [5, 5.41) is 0.818. The third kappa shape index (κ3) is 3.25. The highest BCUT2D eigenvalue weighted by atomic mass is 16.5. The zero-order chi connectivity index (χ0) is 17.9. The van der Waals surface area contributed by atoms with Gasteiger partial charge >= 0.3 is 5.97 Å². The van der Waals surface area contributed by atoms with Crippen LogP contribution in [-0.4, -0.2) is 23.3 Å². The molecule has 6 nitrogen and oxygen atoms in total. The van der Waals surface area contributed by atoms with E-state index in [1.807, 2.05) is 30.3 Å². The number of Topliss-reactive ketones (excluding diaryl/α,β-unsaturated/α-hetero) is 1. The van der Waals surface area contributed by atoms with Gasteiger partial charge in [0.1, 0.15) is 11.1 Å². The van der Waals surface area contributed by atoms with Gasteiger partial charge in [-0.05, 0) is 24.3 Å². The number of oxazole rings is 1. The smallest absolute Gasteiger partial charge is 0.331 e. The van der Waals surface area contributed by atoms with E-state index in [4.69, 9.17) is 13.6 Å². The van der Waals surface area contributed by atoms with Gasteiger partial charge in [0, 0.05) is 17.5 Å². The van der Waals surface area contributed by atoms with Gasteiger partial charge in [0.2, 0.25) is 11.7 Å². The highest BCUT2D eigenvalue weighted by Gasteiger charge is 2.14. The molecule has 0 aliphatic rings. The predicted octanol–water partition coefficient (Wildman–Crippen LogP) is 4.01. The van der Waals surface area contributed by atoms with Crippen LogP contribution in [0.25, 0.3) is 28.1 Å². The Morgan fingerprint density at radius 1 is 1.00 bits per heavy atom. The third-order valence-corrected chi connectivity index (χ3v) is 3.72. The molecule has 0 unspecified atom stereocenters. The van der Waals surface area contributed by atoms with Crippen LogP contribution >= 0.6 is 0 Å². The average molecular weight is 347 g/mol. The SMILES string of the molecule is O=C(/C=C/c1nc2ccccc2o1)OCC(=O)c1cc2ccccc2o1. The van der Waals surface area contributed by atoms with Gasteiger partial charge < -0.3 is 13.6 Å². The van der Waals surface area contributed by atoms with Crippen molar-refractivity contribution in [3.8, 4) is 0 Å². The lowest BCUT2D eigenvalue weighted by Crippen LogP contribution is -2.11. The second-order valence-electron chi connectivity index (χ2n) is 5.53. The number of carbonyl (C=O) groups is 2. The highest BCUT2D eigenvalue weighted by Crippen LogP contribution is 2.19. The van der Waals surface area contributed by atoms with Crippen molar-refractivity contribution < 1.29 is 23.2 Å². The van der Waals surface area contributed by atoms with Crippen LogP contribution in [0.3, 0.4) is 0 Å². The lowest BCUT2D eigenvalue weighted by molar-refractivity contribution is -0.136. The molecule has 2 heterocycles. The van der Waals surface area contributed by atoms with Crippen LogP contribution < -0.4 is 0 Å². The monoisotopic (exact) mass is 347 g/mol. The van der Waals surface area contributed by atoms with Gasteiger partial charge in [-0.3, -0.25) is 4.79 Å². The maximum Gasteiger partial charge on any atom is 0.331 e. The van der Waals surface area contributed by atoms with Crippen LogP contribution in [0, 0.1) is 0 Å². The van der Waals surface area contributed by atoms with Crippen LogP contribution in [0.5, 0.6) is 0 Å². The molecule has 4 rings (SSSR count). The molecule has 2 aromatic carbocycles. The molecule has 0 radical (unpaired) electrons. The lowest BCUT2D eigenvalue weighted by Gasteiger charge is -1.98. The lowest BCUT2D eigenvalue weighted by atomic mass is 10.2. The van der Waals surface area contributed by atoms with Crippen LogP contribution in [0.15, 0.2) is 69.5 Å². The zero-order valence-electron chi connectivity index (χ0n) is 13.5. The van der Waals surface area contributed by atoms with Crippen molar-refractivity contribution in [1.82, 2.24) is 4.98 Å². The molecule has 0 N–H and O–H groups in total. The van der Waals surface area contributed by atoms with Crippen LogP contribution in [0.1, 0.15) is 16.4 Å². The first-order chi connectivity index (χ1) is 12.7. The van der Waals surface area contributed by atoms with Crippen molar-refractivity contribution in [2.45, 2.75) is 0 Å². The van der Waals surface area contributed by atoms with Gasteiger partial charge in [-0.2, -0.15) is 0 Å². The fourth-order valence-corrected chi connectivity index (χ4v) is 2.48. The van der Waals surface area contributed by atoms with Crippen molar-refractivity contribution >= 4 is 39.9 Å². The quantitative estimate of drug-likeness (QED) is 0.308. The molecule has 0 atom stereocenters. The molecule has 0 aliphatic heterocycles. The average Bonchev–Trinajstić information content (AvgIpc) is 3.27. The standard InChI is InChI=1S/C20H13NO5/c22-15(18-11-13-5-1-3-7-16(13)25-18)12-24-20(23)10-9-19-21-14-6-2-4-8-17(14)26-19/h1-11H,12H2/b10-9+. The van der Waals surface area contributed by atoms with Gasteiger partial charge in [0.25, 0.3) is 0 Å². The summed E-state index contributed by atoms with van der Waals surface area (Å²) in [4.78, 5) is 28.1. The van der Waals surface area contributed by atoms with E-state index in [1.165, 1.54) is 6.08 Å². The van der Waals surface area contributed by atoms with E-state index in [0.29, 0.717) is 16.7 Å². The van der Waals surface area contributed by atoms with E-state index in [-0.39, 0.29) is 11.7 Å². The predicted molar refractivity (Wildman–Crippen MR) is 94.5 cm³/mol. The first kappa shape index (κ1) is 15.8. The summed E-state index contributed by atoms with van der Waals surface area (Å²) in [5.41, 5.74) is 1.93. The van der Waals surface area contributed by atoms with E-state index < -0.39 is 18.4 Å². The molecule has 128 valence electrons. The van der Waals surface area contributed by atoms with Crippen LogP contribution in [0.4, 0.5) is 0 Å². The molecule has 0 saturated heterocycles. The number of benzene rings is 2. The molecule has 0 saturated carbocycles. The number of ketones is 1. The first-order valence-corrected chi connectivity index (χ1v) is 7.91. The molecule has 2 aromatic heterocycles. The minimum atomic E-state index is -0.670. The Labute approximate surface area is 147 Å². The summed E-state index contributed by atoms with van der Waals surface area (Å²) in [6, 6.07) is 16.2. The van der Waals surface area contributed by atoms with Crippen LogP contribution in [-0.2, 0) is 9.53 Å². The fourth-order valence-electron chi connectivity index (χ4n) is 2.48. The Hall–Kier alpha value is -3.67. The van der Waals surface area contributed by atoms with Crippen molar-refractivity contribution in [2.24, 2.45) is 0 Å². The topological polar surface area (TPSA) is 82.5 Å². The number of aromatic nitrogens is 1. The second-order valence-corrected chi connectivity index (χ2v) is 5.53. The summed E-state index contributed by atoms with van der Waals surface area (Å²) in [5.74, 6) is -0.643. The highest BCUT2D eigenvalue weighted by molar-refractivity contribution is 5.99. The Balaban J connectivity index is 1.37. The Kier molecular flexibility index (Phi) is 4.07. The summed E-state index contributed by atoms with van der Waals surface area (Å²) in [6.45, 7) is -0.406. The molecule has 0 bridgehead atoms. The van der Waals surface area contributed by atoms with E-state index in [2.05, 4.69) is 4.98 Å². The van der Waals surface area contributed by atoms with Crippen LogP contribution in [0.2, 0.25) is 0 Å². The van der Waals surface area contributed by atoms with Gasteiger partial charge in [0.15, 0.2) is 18.0 Å². The summed E-state index contributed by atoms with van der Waals surface area (Å²) < 4.78 is 15.8. The molecule has 26 heavy (non-hydrogen) atoms. The van der Waals surface area contributed by atoms with Gasteiger partial charge in [-0.1, -0.05) is 30.3 Å². The molecule has 0 spiro atoms. The van der Waals surface area contributed by atoms with E-state index in [9.17, 15) is 9.59 Å². The van der Waals surface area contributed by atoms with Crippen molar-refractivity contribution in [3.05, 3.63) is 72.3 Å². The number of hydrogen-bond acceptors (Lipinski definition) is 6. The van der Waals surface area contributed by atoms with E-state index >= 15 is 0 Å². The molecule has 0 aliphatic carbocycles. The molecule has 0 fully saturated rings. The molecule has 0 amide bonds. The number of ether oxygens (including phenoxy) is 1. The number of carbonyl (C=O) groups excluding carboxylic acids is 2. The summed E-state index contributed by atoms with van der Waals surface area (Å²) in [7, 11) is 0. The van der Waals surface area contributed by atoms with E-state index in [1.54, 1.807) is 24.3 Å². The zero-order valence-corrected chi connectivity index (χ0v) is 13.5. The van der Waals surface area contributed by atoms with Gasteiger partial charge in [-0.15, -0.1) is 0 Å². The fraction of sp³-hybridized carbons (Fsp3) is 0.0500. The second kappa shape index (κ2) is 6.68.